The highest BCUT2D eigenvalue weighted by Gasteiger charge is 2.37. The van der Waals surface area contributed by atoms with Crippen molar-refractivity contribution in [3.63, 3.8) is 0 Å². The van der Waals surface area contributed by atoms with Gasteiger partial charge in [0.1, 0.15) is 22.7 Å². The Morgan fingerprint density at radius 3 is 2.40 bits per heavy atom. The molecule has 1 aromatic rings. The Bertz CT molecular complexity index is 502. The highest BCUT2D eigenvalue weighted by atomic mass is 19.4. The number of carbonyl (C=O) groups is 1. The van der Waals surface area contributed by atoms with E-state index in [-0.39, 0.29) is 6.61 Å². The molecule has 0 unspecified atom stereocenters. The molecule has 4 nitrogen and oxygen atoms in total. The number of esters is 1. The second kappa shape index (κ2) is 6.02. The minimum Gasteiger partial charge on any atom is -0.496 e. The number of hydrogen-bond donors (Lipinski definition) is 0. The molecule has 0 atom stereocenters. The van der Waals surface area contributed by atoms with E-state index in [9.17, 15) is 26.7 Å². The maximum Gasteiger partial charge on any atom is 0.433 e. The van der Waals surface area contributed by atoms with Gasteiger partial charge in [-0.2, -0.15) is 13.2 Å². The topological polar surface area (TPSA) is 48.4 Å². The molecule has 20 heavy (non-hydrogen) atoms. The third-order valence-corrected chi connectivity index (χ3v) is 2.21. The molecule has 0 amide bonds. The van der Waals surface area contributed by atoms with E-state index in [1.54, 1.807) is 0 Å². The van der Waals surface area contributed by atoms with E-state index in [1.165, 1.54) is 6.92 Å². The van der Waals surface area contributed by atoms with Crippen LogP contribution in [0.4, 0.5) is 22.0 Å². The normalized spacial score (nSPS) is 11.6. The van der Waals surface area contributed by atoms with Crippen LogP contribution in [0, 0.1) is 0 Å². The van der Waals surface area contributed by atoms with Crippen LogP contribution in [0.15, 0.2) is 6.07 Å². The molecule has 0 aromatic carbocycles. The number of nitrogens with zero attached hydrogens (tertiary/aromatic N) is 1. The fraction of sp³-hybridized carbons (Fsp3) is 0.455. The van der Waals surface area contributed by atoms with Crippen molar-refractivity contribution in [2.24, 2.45) is 0 Å². The number of alkyl halides is 5. The second-order valence-corrected chi connectivity index (χ2v) is 3.49. The smallest absolute Gasteiger partial charge is 0.433 e. The van der Waals surface area contributed by atoms with Crippen LogP contribution in [0.5, 0.6) is 5.75 Å². The largest absolute Gasteiger partial charge is 0.496 e. The van der Waals surface area contributed by atoms with Crippen LogP contribution in [-0.2, 0) is 10.9 Å². The molecule has 0 bridgehead atoms. The van der Waals surface area contributed by atoms with Gasteiger partial charge in [-0.1, -0.05) is 0 Å². The Morgan fingerprint density at radius 1 is 1.40 bits per heavy atom. The van der Waals surface area contributed by atoms with Crippen LogP contribution in [0.3, 0.4) is 0 Å². The first-order chi connectivity index (χ1) is 9.22. The number of rotatable bonds is 4. The summed E-state index contributed by atoms with van der Waals surface area (Å²) in [5.74, 6) is -1.89. The lowest BCUT2D eigenvalue weighted by Gasteiger charge is -2.15. The van der Waals surface area contributed by atoms with Gasteiger partial charge in [0.2, 0.25) is 0 Å². The zero-order chi connectivity index (χ0) is 15.5. The predicted octanol–water partition coefficient (Wildman–Crippen LogP) is 3.22. The lowest BCUT2D eigenvalue weighted by atomic mass is 10.1. The van der Waals surface area contributed by atoms with Crippen LogP contribution >= 0.6 is 0 Å². The van der Waals surface area contributed by atoms with Gasteiger partial charge in [0.15, 0.2) is 0 Å². The maximum absolute atomic E-state index is 12.8. The number of aromatic nitrogens is 1. The molecule has 0 N–H and O–H groups in total. The van der Waals surface area contributed by atoms with Crippen LogP contribution in [0.2, 0.25) is 0 Å². The lowest BCUT2D eigenvalue weighted by molar-refractivity contribution is -0.141. The standard InChI is InChI=1S/C11H10F5NO3/c1-3-20-10(18)7-5(19-2)4-6(11(14,15)16)17-8(7)9(12)13/h4,9H,3H2,1-2H3. The molecule has 0 aliphatic carbocycles. The Labute approximate surface area is 110 Å². The van der Waals surface area contributed by atoms with Gasteiger partial charge < -0.3 is 9.47 Å². The molecule has 0 saturated carbocycles. The van der Waals surface area contributed by atoms with Crippen molar-refractivity contribution in [1.82, 2.24) is 4.98 Å². The SMILES string of the molecule is CCOC(=O)c1c(OC)cc(C(F)(F)F)nc1C(F)F. The predicted molar refractivity (Wildman–Crippen MR) is 56.7 cm³/mol. The van der Waals surface area contributed by atoms with Crippen molar-refractivity contribution < 1.29 is 36.2 Å². The summed E-state index contributed by atoms with van der Waals surface area (Å²) >= 11 is 0. The van der Waals surface area contributed by atoms with Crippen molar-refractivity contribution >= 4 is 5.97 Å². The quantitative estimate of drug-likeness (QED) is 0.632. The third-order valence-electron chi connectivity index (χ3n) is 2.21. The van der Waals surface area contributed by atoms with E-state index in [4.69, 9.17) is 0 Å². The average Bonchev–Trinajstić information content (AvgIpc) is 2.36. The first-order valence-corrected chi connectivity index (χ1v) is 5.33. The van der Waals surface area contributed by atoms with Gasteiger partial charge in [-0.05, 0) is 6.92 Å². The Hall–Kier alpha value is -1.93. The summed E-state index contributed by atoms with van der Waals surface area (Å²) in [5.41, 5.74) is -3.70. The molecule has 9 heteroatoms. The molecule has 0 fully saturated rings. The fourth-order valence-electron chi connectivity index (χ4n) is 1.41. The van der Waals surface area contributed by atoms with E-state index in [0.29, 0.717) is 6.07 Å². The number of halogens is 5. The maximum atomic E-state index is 12.8. The zero-order valence-electron chi connectivity index (χ0n) is 10.4. The molecule has 1 aromatic heterocycles. The number of methoxy groups -OCH3 is 1. The van der Waals surface area contributed by atoms with Gasteiger partial charge in [-0.3, -0.25) is 0 Å². The monoisotopic (exact) mass is 299 g/mol. The number of ether oxygens (including phenoxy) is 2. The molecular formula is C11H10F5NO3. The van der Waals surface area contributed by atoms with E-state index >= 15 is 0 Å². The second-order valence-electron chi connectivity index (χ2n) is 3.49. The minimum absolute atomic E-state index is 0.133. The van der Waals surface area contributed by atoms with Crippen molar-refractivity contribution in [3.05, 3.63) is 23.0 Å². The van der Waals surface area contributed by atoms with Gasteiger partial charge >= 0.3 is 12.1 Å². The van der Waals surface area contributed by atoms with Crippen LogP contribution < -0.4 is 4.74 Å². The summed E-state index contributed by atoms with van der Waals surface area (Å²) in [7, 11) is 0.952. The van der Waals surface area contributed by atoms with Crippen molar-refractivity contribution in [3.8, 4) is 5.75 Å². The first kappa shape index (κ1) is 16.1. The molecule has 0 saturated heterocycles. The number of pyridine rings is 1. The van der Waals surface area contributed by atoms with Crippen LogP contribution in [0.25, 0.3) is 0 Å². The summed E-state index contributed by atoms with van der Waals surface area (Å²) in [6.45, 7) is 1.29. The Kier molecular flexibility index (Phi) is 4.85. The summed E-state index contributed by atoms with van der Waals surface area (Å²) in [5, 5.41) is 0. The fourth-order valence-corrected chi connectivity index (χ4v) is 1.41. The zero-order valence-corrected chi connectivity index (χ0v) is 10.4. The molecule has 1 rings (SSSR count). The average molecular weight is 299 g/mol. The third kappa shape index (κ3) is 3.34. The van der Waals surface area contributed by atoms with E-state index < -0.39 is 41.3 Å². The lowest BCUT2D eigenvalue weighted by Crippen LogP contribution is -2.17. The van der Waals surface area contributed by atoms with Gasteiger partial charge in [0.05, 0.1) is 13.7 Å². The van der Waals surface area contributed by atoms with Gasteiger partial charge in [-0.15, -0.1) is 0 Å². The minimum atomic E-state index is -4.94. The highest BCUT2D eigenvalue weighted by Crippen LogP contribution is 2.36. The highest BCUT2D eigenvalue weighted by molar-refractivity contribution is 5.94. The van der Waals surface area contributed by atoms with Gasteiger partial charge in [0, 0.05) is 6.07 Å². The molecule has 0 radical (unpaired) electrons. The van der Waals surface area contributed by atoms with Crippen molar-refractivity contribution in [2.45, 2.75) is 19.5 Å². The number of carbonyl (C=O) groups excluding carboxylic acids is 1. The molecular weight excluding hydrogens is 289 g/mol. The van der Waals surface area contributed by atoms with E-state index in [0.717, 1.165) is 7.11 Å². The molecule has 0 aliphatic heterocycles. The van der Waals surface area contributed by atoms with Crippen LogP contribution in [-0.4, -0.2) is 24.7 Å². The van der Waals surface area contributed by atoms with Gasteiger partial charge in [-0.25, -0.2) is 18.6 Å². The van der Waals surface area contributed by atoms with Gasteiger partial charge in [0.25, 0.3) is 6.43 Å². The Balaban J connectivity index is 3.53. The summed E-state index contributed by atoms with van der Waals surface area (Å²) in [6, 6.07) is 0.373. The van der Waals surface area contributed by atoms with Crippen molar-refractivity contribution in [2.75, 3.05) is 13.7 Å². The first-order valence-electron chi connectivity index (χ1n) is 5.33. The summed E-state index contributed by atoms with van der Waals surface area (Å²) < 4.78 is 72.4. The van der Waals surface area contributed by atoms with Crippen LogP contribution in [0.1, 0.15) is 35.1 Å². The molecule has 112 valence electrons. The van der Waals surface area contributed by atoms with E-state index in [1.807, 2.05) is 0 Å². The molecule has 1 heterocycles. The molecule has 0 aliphatic rings. The van der Waals surface area contributed by atoms with Crippen molar-refractivity contribution in [1.29, 1.82) is 0 Å². The Morgan fingerprint density at radius 2 is 2.00 bits per heavy atom. The van der Waals surface area contributed by atoms with E-state index in [2.05, 4.69) is 14.5 Å². The molecule has 0 spiro atoms. The number of hydrogen-bond acceptors (Lipinski definition) is 4. The summed E-state index contributed by atoms with van der Waals surface area (Å²) in [4.78, 5) is 14.4. The summed E-state index contributed by atoms with van der Waals surface area (Å²) in [6.07, 6.45) is -8.32.